The SMILES string of the molecule is Cn1cc(C(=O)N[C@H](CO)c2ccccc2)c(C2CCOCC2)n1. The van der Waals surface area contributed by atoms with Crippen molar-refractivity contribution in [3.63, 3.8) is 0 Å². The van der Waals surface area contributed by atoms with Gasteiger partial charge in [0.15, 0.2) is 0 Å². The van der Waals surface area contributed by atoms with Crippen molar-refractivity contribution in [1.29, 1.82) is 0 Å². The van der Waals surface area contributed by atoms with E-state index < -0.39 is 6.04 Å². The number of nitrogens with zero attached hydrogens (tertiary/aromatic N) is 2. The number of carbonyl (C=O) groups excluding carboxylic acids is 1. The molecule has 24 heavy (non-hydrogen) atoms. The molecular formula is C18H23N3O3. The van der Waals surface area contributed by atoms with Gasteiger partial charge in [0.05, 0.1) is 23.9 Å². The fourth-order valence-corrected chi connectivity index (χ4v) is 3.11. The smallest absolute Gasteiger partial charge is 0.255 e. The van der Waals surface area contributed by atoms with Crippen LogP contribution in [0.2, 0.25) is 0 Å². The van der Waals surface area contributed by atoms with Gasteiger partial charge in [0.2, 0.25) is 0 Å². The second kappa shape index (κ2) is 7.59. The minimum absolute atomic E-state index is 0.150. The van der Waals surface area contributed by atoms with Crippen LogP contribution in [0.15, 0.2) is 36.5 Å². The van der Waals surface area contributed by atoms with Crippen molar-refractivity contribution in [2.75, 3.05) is 19.8 Å². The Bertz CT molecular complexity index is 678. The van der Waals surface area contributed by atoms with Gasteiger partial charge in [-0.2, -0.15) is 5.10 Å². The van der Waals surface area contributed by atoms with Crippen LogP contribution >= 0.6 is 0 Å². The first-order valence-electron chi connectivity index (χ1n) is 8.27. The molecule has 3 rings (SSSR count). The predicted octanol–water partition coefficient (Wildman–Crippen LogP) is 1.78. The topological polar surface area (TPSA) is 76.4 Å². The van der Waals surface area contributed by atoms with Gasteiger partial charge in [-0.15, -0.1) is 0 Å². The van der Waals surface area contributed by atoms with E-state index in [-0.39, 0.29) is 18.4 Å². The van der Waals surface area contributed by atoms with Gasteiger partial charge in [-0.05, 0) is 18.4 Å². The van der Waals surface area contributed by atoms with Crippen molar-refractivity contribution >= 4 is 5.91 Å². The second-order valence-electron chi connectivity index (χ2n) is 6.11. The number of aliphatic hydroxyl groups excluding tert-OH is 1. The number of hydrogen-bond acceptors (Lipinski definition) is 4. The van der Waals surface area contributed by atoms with Gasteiger partial charge in [-0.25, -0.2) is 0 Å². The number of hydrogen-bond donors (Lipinski definition) is 2. The lowest BCUT2D eigenvalue weighted by molar-refractivity contribution is 0.0828. The Morgan fingerprint density at radius 1 is 1.38 bits per heavy atom. The summed E-state index contributed by atoms with van der Waals surface area (Å²) in [6.07, 6.45) is 3.50. The van der Waals surface area contributed by atoms with E-state index in [1.165, 1.54) is 0 Å². The van der Waals surface area contributed by atoms with Crippen LogP contribution in [-0.4, -0.2) is 40.6 Å². The molecule has 0 radical (unpaired) electrons. The summed E-state index contributed by atoms with van der Waals surface area (Å²) >= 11 is 0. The Morgan fingerprint density at radius 2 is 2.08 bits per heavy atom. The van der Waals surface area contributed by atoms with Crippen LogP contribution in [0.3, 0.4) is 0 Å². The summed E-state index contributed by atoms with van der Waals surface area (Å²) in [6.45, 7) is 1.25. The third-order valence-corrected chi connectivity index (χ3v) is 4.40. The molecule has 1 amide bonds. The monoisotopic (exact) mass is 329 g/mol. The molecule has 0 aliphatic carbocycles. The Kier molecular flexibility index (Phi) is 5.27. The number of nitrogens with one attached hydrogen (secondary N) is 1. The molecule has 1 aromatic carbocycles. The first-order valence-corrected chi connectivity index (χ1v) is 8.27. The van der Waals surface area contributed by atoms with Crippen molar-refractivity contribution in [2.45, 2.75) is 24.8 Å². The number of aromatic nitrogens is 2. The zero-order chi connectivity index (χ0) is 16.9. The van der Waals surface area contributed by atoms with Gasteiger partial charge in [-0.1, -0.05) is 30.3 Å². The summed E-state index contributed by atoms with van der Waals surface area (Å²) in [5.74, 6) is 0.0393. The molecule has 0 saturated carbocycles. The van der Waals surface area contributed by atoms with Gasteiger partial charge in [0.25, 0.3) is 5.91 Å². The molecule has 0 unspecified atom stereocenters. The lowest BCUT2D eigenvalue weighted by Gasteiger charge is -2.22. The van der Waals surface area contributed by atoms with E-state index in [0.717, 1.165) is 24.1 Å². The summed E-state index contributed by atoms with van der Waals surface area (Å²) in [4.78, 5) is 12.8. The number of aliphatic hydroxyl groups is 1. The van der Waals surface area contributed by atoms with Gasteiger partial charge in [0, 0.05) is 32.4 Å². The summed E-state index contributed by atoms with van der Waals surface area (Å²) < 4.78 is 7.08. The average Bonchev–Trinajstić information content (AvgIpc) is 3.03. The van der Waals surface area contributed by atoms with Gasteiger partial charge in [0.1, 0.15) is 0 Å². The van der Waals surface area contributed by atoms with E-state index in [1.54, 1.807) is 10.9 Å². The largest absolute Gasteiger partial charge is 0.394 e. The highest BCUT2D eigenvalue weighted by Gasteiger charge is 2.26. The minimum atomic E-state index is -0.429. The van der Waals surface area contributed by atoms with Crippen molar-refractivity contribution in [1.82, 2.24) is 15.1 Å². The summed E-state index contributed by atoms with van der Waals surface area (Å²) in [5, 5.41) is 17.1. The third-order valence-electron chi connectivity index (χ3n) is 4.40. The molecule has 1 atom stereocenters. The predicted molar refractivity (Wildman–Crippen MR) is 89.7 cm³/mol. The molecule has 1 aliphatic heterocycles. The van der Waals surface area contributed by atoms with E-state index in [1.807, 2.05) is 37.4 Å². The fourth-order valence-electron chi connectivity index (χ4n) is 3.11. The lowest BCUT2D eigenvalue weighted by Crippen LogP contribution is -2.31. The van der Waals surface area contributed by atoms with E-state index >= 15 is 0 Å². The molecule has 1 aliphatic rings. The standard InChI is InChI=1S/C18H23N3O3/c1-21-11-15(17(20-21)14-7-9-24-10-8-14)18(23)19-16(12-22)13-5-3-2-4-6-13/h2-6,11,14,16,22H,7-10,12H2,1H3,(H,19,23)/t16-/m1/s1. The van der Waals surface area contributed by atoms with Crippen LogP contribution in [0.4, 0.5) is 0 Å². The number of ether oxygens (including phenoxy) is 1. The number of benzene rings is 1. The summed E-state index contributed by atoms with van der Waals surface area (Å²) in [5.41, 5.74) is 2.28. The highest BCUT2D eigenvalue weighted by atomic mass is 16.5. The second-order valence-corrected chi connectivity index (χ2v) is 6.11. The average molecular weight is 329 g/mol. The quantitative estimate of drug-likeness (QED) is 0.877. The molecule has 2 heterocycles. The Hall–Kier alpha value is -2.18. The van der Waals surface area contributed by atoms with Crippen molar-refractivity contribution in [3.8, 4) is 0 Å². The number of amides is 1. The number of rotatable bonds is 5. The zero-order valence-electron chi connectivity index (χ0n) is 13.8. The van der Waals surface area contributed by atoms with Crippen LogP contribution in [0.5, 0.6) is 0 Å². The first-order chi connectivity index (χ1) is 11.7. The van der Waals surface area contributed by atoms with Crippen molar-refractivity contribution < 1.29 is 14.6 Å². The minimum Gasteiger partial charge on any atom is -0.394 e. The molecule has 1 saturated heterocycles. The first kappa shape index (κ1) is 16.7. The van der Waals surface area contributed by atoms with Gasteiger partial charge in [-0.3, -0.25) is 9.48 Å². The molecule has 1 fully saturated rings. The van der Waals surface area contributed by atoms with E-state index in [0.29, 0.717) is 18.8 Å². The van der Waals surface area contributed by atoms with Gasteiger partial charge < -0.3 is 15.2 Å². The maximum atomic E-state index is 12.8. The highest BCUT2D eigenvalue weighted by molar-refractivity contribution is 5.95. The number of aryl methyl sites for hydroxylation is 1. The van der Waals surface area contributed by atoms with Crippen LogP contribution in [0.1, 0.15) is 46.4 Å². The zero-order valence-corrected chi connectivity index (χ0v) is 13.8. The maximum absolute atomic E-state index is 12.8. The molecule has 0 bridgehead atoms. The van der Waals surface area contributed by atoms with Crippen LogP contribution in [0.25, 0.3) is 0 Å². The molecule has 128 valence electrons. The third kappa shape index (κ3) is 3.66. The van der Waals surface area contributed by atoms with Crippen LogP contribution < -0.4 is 5.32 Å². The number of carbonyl (C=O) groups is 1. The van der Waals surface area contributed by atoms with Crippen LogP contribution in [-0.2, 0) is 11.8 Å². The Balaban J connectivity index is 1.79. The maximum Gasteiger partial charge on any atom is 0.255 e. The lowest BCUT2D eigenvalue weighted by atomic mass is 9.93. The molecule has 1 aromatic heterocycles. The van der Waals surface area contributed by atoms with E-state index in [9.17, 15) is 9.90 Å². The fraction of sp³-hybridized carbons (Fsp3) is 0.444. The van der Waals surface area contributed by atoms with Crippen molar-refractivity contribution in [2.24, 2.45) is 7.05 Å². The summed E-state index contributed by atoms with van der Waals surface area (Å²) in [7, 11) is 1.82. The molecule has 2 N–H and O–H groups in total. The Morgan fingerprint density at radius 3 is 2.75 bits per heavy atom. The van der Waals surface area contributed by atoms with Crippen LogP contribution in [0, 0.1) is 0 Å². The highest BCUT2D eigenvalue weighted by Crippen LogP contribution is 2.28. The van der Waals surface area contributed by atoms with E-state index in [4.69, 9.17) is 4.74 Å². The molecule has 0 spiro atoms. The Labute approximate surface area is 141 Å². The molecule has 6 heteroatoms. The molecule has 2 aromatic rings. The molecule has 6 nitrogen and oxygen atoms in total. The van der Waals surface area contributed by atoms with Gasteiger partial charge >= 0.3 is 0 Å². The normalized spacial score (nSPS) is 16.8. The van der Waals surface area contributed by atoms with Crippen molar-refractivity contribution in [3.05, 3.63) is 53.3 Å². The molecular weight excluding hydrogens is 306 g/mol. The van der Waals surface area contributed by atoms with E-state index in [2.05, 4.69) is 10.4 Å². The summed E-state index contributed by atoms with van der Waals surface area (Å²) in [6, 6.07) is 9.04.